The third-order valence-corrected chi connectivity index (χ3v) is 1.05. The summed E-state index contributed by atoms with van der Waals surface area (Å²) in [5.41, 5.74) is 0. The molecule has 0 saturated carbocycles. The zero-order chi connectivity index (χ0) is 5.44. The lowest BCUT2D eigenvalue weighted by Gasteiger charge is -1.91. The van der Waals surface area contributed by atoms with E-state index in [1.165, 1.54) is 0 Å². The fourth-order valence-electron chi connectivity index (χ4n) is 0.515. The van der Waals surface area contributed by atoms with Crippen LogP contribution in [0.4, 0.5) is 0 Å². The molecule has 0 bridgehead atoms. The summed E-state index contributed by atoms with van der Waals surface area (Å²) < 4.78 is 4.68. The Kier molecular flexibility index (Phi) is 1.03. The SMILES string of the molecule is C[C@@H]1O[C@@H]1C(O)O. The van der Waals surface area contributed by atoms with E-state index in [0.29, 0.717) is 0 Å². The van der Waals surface area contributed by atoms with Gasteiger partial charge >= 0.3 is 0 Å². The molecule has 0 aliphatic carbocycles. The Labute approximate surface area is 41.5 Å². The summed E-state index contributed by atoms with van der Waals surface area (Å²) in [6, 6.07) is 0. The second kappa shape index (κ2) is 1.43. The van der Waals surface area contributed by atoms with Gasteiger partial charge in [-0.15, -0.1) is 0 Å². The Morgan fingerprint density at radius 3 is 2.00 bits per heavy atom. The molecule has 1 rings (SSSR count). The van der Waals surface area contributed by atoms with Crippen LogP contribution in [0.5, 0.6) is 0 Å². The first-order chi connectivity index (χ1) is 3.22. The number of ether oxygens (including phenoxy) is 1. The summed E-state index contributed by atoms with van der Waals surface area (Å²) in [6.45, 7) is 1.80. The van der Waals surface area contributed by atoms with Crippen LogP contribution >= 0.6 is 0 Å². The molecule has 0 aromatic rings. The molecule has 0 radical (unpaired) electrons. The van der Waals surface area contributed by atoms with Gasteiger partial charge in [0.2, 0.25) is 0 Å². The Hall–Kier alpha value is -0.120. The molecule has 0 aromatic carbocycles. The Morgan fingerprint density at radius 1 is 1.57 bits per heavy atom. The molecule has 1 heterocycles. The molecular weight excluding hydrogens is 96.0 g/mol. The average Bonchev–Trinajstić information content (AvgIpc) is 2.17. The summed E-state index contributed by atoms with van der Waals surface area (Å²) in [6.07, 6.45) is -1.56. The second-order valence-corrected chi connectivity index (χ2v) is 1.72. The summed E-state index contributed by atoms with van der Waals surface area (Å²) in [7, 11) is 0. The van der Waals surface area contributed by atoms with Crippen molar-refractivity contribution in [3.63, 3.8) is 0 Å². The minimum atomic E-state index is -1.28. The fraction of sp³-hybridized carbons (Fsp3) is 1.00. The Balaban J connectivity index is 2.20. The lowest BCUT2D eigenvalue weighted by Crippen LogP contribution is -2.13. The molecule has 3 heteroatoms. The van der Waals surface area contributed by atoms with Crippen molar-refractivity contribution in [3.05, 3.63) is 0 Å². The molecule has 2 atom stereocenters. The highest BCUT2D eigenvalue weighted by molar-refractivity contribution is 4.81. The van der Waals surface area contributed by atoms with E-state index >= 15 is 0 Å². The first kappa shape index (κ1) is 5.03. The van der Waals surface area contributed by atoms with Gasteiger partial charge in [-0.1, -0.05) is 0 Å². The van der Waals surface area contributed by atoms with Crippen LogP contribution in [0.2, 0.25) is 0 Å². The van der Waals surface area contributed by atoms with E-state index in [2.05, 4.69) is 4.74 Å². The molecule has 0 spiro atoms. The molecule has 2 N–H and O–H groups in total. The summed E-state index contributed by atoms with van der Waals surface area (Å²) in [5, 5.41) is 16.6. The summed E-state index contributed by atoms with van der Waals surface area (Å²) >= 11 is 0. The van der Waals surface area contributed by atoms with Gasteiger partial charge in [0.15, 0.2) is 6.29 Å². The molecule has 7 heavy (non-hydrogen) atoms. The first-order valence-electron chi connectivity index (χ1n) is 2.23. The number of aliphatic hydroxyl groups excluding tert-OH is 1. The predicted octanol–water partition coefficient (Wildman–Crippen LogP) is -0.916. The third kappa shape index (κ3) is 0.907. The van der Waals surface area contributed by atoms with Gasteiger partial charge in [0, 0.05) is 0 Å². The summed E-state index contributed by atoms with van der Waals surface area (Å²) in [5.74, 6) is 0. The van der Waals surface area contributed by atoms with Crippen LogP contribution < -0.4 is 0 Å². The molecule has 3 nitrogen and oxygen atoms in total. The summed E-state index contributed by atoms with van der Waals surface area (Å²) in [4.78, 5) is 0. The molecule has 0 amide bonds. The van der Waals surface area contributed by atoms with Crippen molar-refractivity contribution in [3.8, 4) is 0 Å². The highest BCUT2D eigenvalue weighted by atomic mass is 16.6. The van der Waals surface area contributed by atoms with Gasteiger partial charge in [0.25, 0.3) is 0 Å². The lowest BCUT2D eigenvalue weighted by atomic mass is 10.3. The second-order valence-electron chi connectivity index (χ2n) is 1.72. The normalized spacial score (nSPS) is 39.4. The van der Waals surface area contributed by atoms with Crippen molar-refractivity contribution >= 4 is 0 Å². The van der Waals surface area contributed by atoms with E-state index in [1.807, 2.05) is 0 Å². The average molecular weight is 104 g/mol. The standard InChI is InChI=1S/C4H8O3/c1-2-3(7-2)4(5)6/h2-6H,1H3/t2-,3-/m0/s1. The largest absolute Gasteiger partial charge is 0.366 e. The fourth-order valence-corrected chi connectivity index (χ4v) is 0.515. The zero-order valence-corrected chi connectivity index (χ0v) is 4.03. The number of hydrogen-bond donors (Lipinski definition) is 2. The van der Waals surface area contributed by atoms with Crippen LogP contribution in [0.15, 0.2) is 0 Å². The van der Waals surface area contributed by atoms with Crippen molar-refractivity contribution in [1.29, 1.82) is 0 Å². The van der Waals surface area contributed by atoms with Gasteiger partial charge in [-0.2, -0.15) is 0 Å². The van der Waals surface area contributed by atoms with Crippen molar-refractivity contribution < 1.29 is 14.9 Å². The first-order valence-corrected chi connectivity index (χ1v) is 2.23. The molecular formula is C4H8O3. The predicted molar refractivity (Wildman–Crippen MR) is 22.6 cm³/mol. The van der Waals surface area contributed by atoms with E-state index in [9.17, 15) is 0 Å². The third-order valence-electron chi connectivity index (χ3n) is 1.05. The van der Waals surface area contributed by atoms with Crippen molar-refractivity contribution in [1.82, 2.24) is 0 Å². The Bertz CT molecular complexity index is 71.3. The van der Waals surface area contributed by atoms with Crippen molar-refractivity contribution in [2.24, 2.45) is 0 Å². The molecule has 1 fully saturated rings. The van der Waals surface area contributed by atoms with Crippen LogP contribution in [0.3, 0.4) is 0 Å². The highest BCUT2D eigenvalue weighted by Gasteiger charge is 2.39. The lowest BCUT2D eigenvalue weighted by molar-refractivity contribution is -0.0581. The number of hydrogen-bond acceptors (Lipinski definition) is 3. The van der Waals surface area contributed by atoms with Crippen LogP contribution in [0.1, 0.15) is 6.92 Å². The smallest absolute Gasteiger partial charge is 0.181 e. The van der Waals surface area contributed by atoms with Gasteiger partial charge in [0.1, 0.15) is 6.10 Å². The molecule has 1 saturated heterocycles. The van der Waals surface area contributed by atoms with E-state index in [4.69, 9.17) is 10.2 Å². The minimum absolute atomic E-state index is 0.0417. The van der Waals surface area contributed by atoms with Gasteiger partial charge in [-0.25, -0.2) is 0 Å². The van der Waals surface area contributed by atoms with Gasteiger partial charge in [0.05, 0.1) is 6.10 Å². The van der Waals surface area contributed by atoms with E-state index in [0.717, 1.165) is 0 Å². The van der Waals surface area contributed by atoms with Gasteiger partial charge < -0.3 is 14.9 Å². The van der Waals surface area contributed by atoms with Gasteiger partial charge in [-0.3, -0.25) is 0 Å². The molecule has 42 valence electrons. The topological polar surface area (TPSA) is 53.0 Å². The maximum Gasteiger partial charge on any atom is 0.181 e. The van der Waals surface area contributed by atoms with Crippen molar-refractivity contribution in [2.75, 3.05) is 0 Å². The van der Waals surface area contributed by atoms with Crippen LogP contribution in [0.25, 0.3) is 0 Å². The monoisotopic (exact) mass is 104 g/mol. The number of epoxide rings is 1. The maximum atomic E-state index is 8.29. The Morgan fingerprint density at radius 2 is 2.00 bits per heavy atom. The highest BCUT2D eigenvalue weighted by Crippen LogP contribution is 2.22. The molecule has 1 aliphatic rings. The molecule has 1 aliphatic heterocycles. The minimum Gasteiger partial charge on any atom is -0.366 e. The van der Waals surface area contributed by atoms with Crippen LogP contribution in [-0.4, -0.2) is 28.7 Å². The van der Waals surface area contributed by atoms with E-state index < -0.39 is 6.29 Å². The van der Waals surface area contributed by atoms with Crippen LogP contribution in [0, 0.1) is 0 Å². The van der Waals surface area contributed by atoms with Gasteiger partial charge in [-0.05, 0) is 6.92 Å². The van der Waals surface area contributed by atoms with Crippen LogP contribution in [-0.2, 0) is 4.74 Å². The molecule has 0 unspecified atom stereocenters. The number of aliphatic hydroxyl groups is 2. The van der Waals surface area contributed by atoms with E-state index in [1.54, 1.807) is 6.92 Å². The zero-order valence-electron chi connectivity index (χ0n) is 4.03. The van der Waals surface area contributed by atoms with E-state index in [-0.39, 0.29) is 12.2 Å². The maximum absolute atomic E-state index is 8.29. The van der Waals surface area contributed by atoms with Crippen molar-refractivity contribution in [2.45, 2.75) is 25.4 Å². The molecule has 0 aromatic heterocycles. The number of rotatable bonds is 1. The quantitative estimate of drug-likeness (QED) is 0.334.